The van der Waals surface area contributed by atoms with Crippen molar-refractivity contribution < 1.29 is 37.0 Å². The van der Waals surface area contributed by atoms with E-state index in [-0.39, 0.29) is 42.9 Å². The van der Waals surface area contributed by atoms with Crippen LogP contribution in [-0.4, -0.2) is 60.2 Å². The SMILES string of the molecule is CC(OC(=O)OCCN=[N+]=[N-])OC(=O)c1cn(-c2ccc(F)cc2F)c2nc(N3CCC(N=NN)C3)c(F)cc2c1=O. The maximum absolute atomic E-state index is 15.3. The van der Waals surface area contributed by atoms with Gasteiger partial charge < -0.3 is 25.0 Å². The van der Waals surface area contributed by atoms with E-state index in [4.69, 9.17) is 20.8 Å². The number of carbonyl (C=O) groups excluding carboxylic acids is 2. The van der Waals surface area contributed by atoms with E-state index in [1.54, 1.807) is 0 Å². The van der Waals surface area contributed by atoms with Gasteiger partial charge in [-0.15, -0.1) is 0 Å². The Labute approximate surface area is 233 Å². The van der Waals surface area contributed by atoms with Crippen molar-refractivity contribution in [1.29, 1.82) is 0 Å². The number of nitrogens with two attached hydrogens (primary N) is 1. The molecule has 1 aliphatic rings. The Hall–Kier alpha value is -5.38. The largest absolute Gasteiger partial charge is 0.511 e. The smallest absolute Gasteiger partial charge is 0.434 e. The van der Waals surface area contributed by atoms with Crippen molar-refractivity contribution in [3.05, 3.63) is 74.1 Å². The van der Waals surface area contributed by atoms with Gasteiger partial charge in [-0.3, -0.25) is 9.36 Å². The topological polar surface area (TPSA) is 199 Å². The molecule has 0 spiro atoms. The highest BCUT2D eigenvalue weighted by atomic mass is 19.1. The van der Waals surface area contributed by atoms with Gasteiger partial charge in [0.1, 0.15) is 23.8 Å². The van der Waals surface area contributed by atoms with Crippen molar-refractivity contribution in [1.82, 2.24) is 9.55 Å². The van der Waals surface area contributed by atoms with E-state index in [0.29, 0.717) is 19.0 Å². The summed E-state index contributed by atoms with van der Waals surface area (Å²) in [4.78, 5) is 46.3. The molecule has 1 aliphatic heterocycles. The van der Waals surface area contributed by atoms with Gasteiger partial charge in [0.15, 0.2) is 17.3 Å². The Morgan fingerprint density at radius 2 is 2.02 bits per heavy atom. The summed E-state index contributed by atoms with van der Waals surface area (Å²) in [5.74, 6) is 0.741. The van der Waals surface area contributed by atoms with E-state index >= 15 is 4.39 Å². The van der Waals surface area contributed by atoms with Gasteiger partial charge in [0.05, 0.1) is 23.7 Å². The highest BCUT2D eigenvalue weighted by molar-refractivity contribution is 5.94. The van der Waals surface area contributed by atoms with Crippen molar-refractivity contribution in [2.24, 2.45) is 21.3 Å². The summed E-state index contributed by atoms with van der Waals surface area (Å²) in [6.45, 7) is 1.21. The standard InChI is InChI=1S/C24H22F3N9O6/c1-12(42-24(39)40-7-5-30-33-28)41-23(38)16-11-36(19-3-2-13(25)8-17(19)26)21-15(20(16)37)9-18(27)22(31-21)35-6-4-14(10-35)32-34-29/h2-3,8-9,11-12,14H,4-7,10H2,1H3,(H2,29,32). The van der Waals surface area contributed by atoms with Gasteiger partial charge in [-0.2, -0.15) is 5.11 Å². The zero-order valence-corrected chi connectivity index (χ0v) is 21.8. The van der Waals surface area contributed by atoms with Gasteiger partial charge >= 0.3 is 12.1 Å². The van der Waals surface area contributed by atoms with E-state index in [1.807, 2.05) is 0 Å². The third-order valence-electron chi connectivity index (χ3n) is 6.00. The second-order valence-electron chi connectivity index (χ2n) is 8.77. The van der Waals surface area contributed by atoms with Crippen LogP contribution in [0.4, 0.5) is 23.8 Å². The summed E-state index contributed by atoms with van der Waals surface area (Å²) >= 11 is 0. The summed E-state index contributed by atoms with van der Waals surface area (Å²) in [6, 6.07) is 3.08. The van der Waals surface area contributed by atoms with Gasteiger partial charge in [0.25, 0.3) is 0 Å². The molecule has 220 valence electrons. The number of pyridine rings is 2. The third kappa shape index (κ3) is 6.49. The number of ether oxygens (including phenoxy) is 3. The molecule has 18 heteroatoms. The first-order chi connectivity index (χ1) is 20.1. The van der Waals surface area contributed by atoms with Crippen LogP contribution in [0.25, 0.3) is 27.2 Å². The fourth-order valence-corrected chi connectivity index (χ4v) is 4.19. The molecular weight excluding hydrogens is 567 g/mol. The number of azide groups is 1. The fourth-order valence-electron chi connectivity index (χ4n) is 4.19. The maximum atomic E-state index is 15.3. The summed E-state index contributed by atoms with van der Waals surface area (Å²) in [6.07, 6.45) is -1.44. The predicted molar refractivity (Wildman–Crippen MR) is 138 cm³/mol. The minimum absolute atomic E-state index is 0.167. The summed E-state index contributed by atoms with van der Waals surface area (Å²) in [5.41, 5.74) is 5.95. The van der Waals surface area contributed by atoms with E-state index in [0.717, 1.165) is 35.9 Å². The molecule has 2 unspecified atom stereocenters. The number of rotatable bonds is 9. The minimum atomic E-state index is -1.57. The Morgan fingerprint density at radius 3 is 2.74 bits per heavy atom. The number of carbonyl (C=O) groups is 2. The molecule has 0 amide bonds. The molecule has 1 aromatic carbocycles. The molecule has 42 heavy (non-hydrogen) atoms. The van der Waals surface area contributed by atoms with Crippen LogP contribution in [0.2, 0.25) is 0 Å². The van der Waals surface area contributed by atoms with Crippen LogP contribution in [-0.2, 0) is 14.2 Å². The third-order valence-corrected chi connectivity index (χ3v) is 6.00. The number of aromatic nitrogens is 2. The number of benzene rings is 1. The van der Waals surface area contributed by atoms with Crippen LogP contribution < -0.4 is 16.2 Å². The number of anilines is 1. The Kier molecular flexibility index (Phi) is 9.06. The Morgan fingerprint density at radius 1 is 1.24 bits per heavy atom. The van der Waals surface area contributed by atoms with Gasteiger partial charge in [-0.1, -0.05) is 10.3 Å². The Bertz CT molecular complexity index is 1660. The summed E-state index contributed by atoms with van der Waals surface area (Å²) in [5, 5.41) is 9.85. The van der Waals surface area contributed by atoms with E-state index in [9.17, 15) is 23.2 Å². The number of nitrogens with zero attached hydrogens (tertiary/aromatic N) is 8. The molecule has 4 rings (SSSR count). The lowest BCUT2D eigenvalue weighted by Crippen LogP contribution is -2.28. The molecule has 0 aliphatic carbocycles. The number of hydrogen-bond donors (Lipinski definition) is 1. The molecule has 2 atom stereocenters. The molecule has 2 aromatic heterocycles. The molecule has 15 nitrogen and oxygen atoms in total. The second-order valence-corrected chi connectivity index (χ2v) is 8.77. The first-order valence-electron chi connectivity index (χ1n) is 12.2. The lowest BCUT2D eigenvalue weighted by molar-refractivity contribution is -0.0815. The van der Waals surface area contributed by atoms with Gasteiger partial charge in [0.2, 0.25) is 11.7 Å². The molecule has 3 aromatic rings. The number of halogens is 3. The van der Waals surface area contributed by atoms with E-state index in [1.165, 1.54) is 4.90 Å². The minimum Gasteiger partial charge on any atom is -0.434 e. The van der Waals surface area contributed by atoms with Crippen molar-refractivity contribution in [3.63, 3.8) is 0 Å². The highest BCUT2D eigenvalue weighted by Gasteiger charge is 2.28. The summed E-state index contributed by atoms with van der Waals surface area (Å²) < 4.78 is 59.3. The van der Waals surface area contributed by atoms with Gasteiger partial charge in [0, 0.05) is 37.2 Å². The van der Waals surface area contributed by atoms with Crippen LogP contribution >= 0.6 is 0 Å². The number of hydrogen-bond acceptors (Lipinski definition) is 11. The lowest BCUT2D eigenvalue weighted by atomic mass is 10.1. The maximum Gasteiger partial charge on any atom is 0.511 e. The average Bonchev–Trinajstić information content (AvgIpc) is 3.40. The van der Waals surface area contributed by atoms with Crippen molar-refractivity contribution >= 4 is 29.0 Å². The van der Waals surface area contributed by atoms with E-state index in [2.05, 4.69) is 30.1 Å². The van der Waals surface area contributed by atoms with Crippen LogP contribution in [0, 0.1) is 17.5 Å². The molecule has 1 saturated heterocycles. The molecule has 2 N–H and O–H groups in total. The average molecular weight is 589 g/mol. The van der Waals surface area contributed by atoms with Crippen LogP contribution in [0.15, 0.2) is 50.7 Å². The molecule has 0 saturated carbocycles. The normalized spacial score (nSPS) is 15.4. The fraction of sp³-hybridized carbons (Fsp3) is 0.333. The first-order valence-corrected chi connectivity index (χ1v) is 12.2. The van der Waals surface area contributed by atoms with Gasteiger partial charge in [-0.05, 0) is 30.2 Å². The first kappa shape index (κ1) is 29.6. The molecular formula is C24H22F3N9O6. The van der Waals surface area contributed by atoms with E-state index < -0.39 is 52.2 Å². The molecule has 0 radical (unpaired) electrons. The van der Waals surface area contributed by atoms with Crippen molar-refractivity contribution in [2.75, 3.05) is 31.1 Å². The zero-order valence-electron chi connectivity index (χ0n) is 21.8. The highest BCUT2D eigenvalue weighted by Crippen LogP contribution is 2.28. The molecule has 0 bridgehead atoms. The molecule has 1 fully saturated rings. The second kappa shape index (κ2) is 12.9. The number of esters is 1. The quantitative estimate of drug-likeness (QED) is 0.0565. The number of fused-ring (bicyclic) bond motifs is 1. The monoisotopic (exact) mass is 589 g/mol. The van der Waals surface area contributed by atoms with Crippen molar-refractivity contribution in [3.8, 4) is 5.69 Å². The zero-order chi connectivity index (χ0) is 30.4. The van der Waals surface area contributed by atoms with Gasteiger partial charge in [-0.25, -0.2) is 27.7 Å². The van der Waals surface area contributed by atoms with Crippen LogP contribution in [0.5, 0.6) is 0 Å². The predicted octanol–water partition coefficient (Wildman–Crippen LogP) is 3.67. The molecule has 3 heterocycles. The Balaban J connectivity index is 1.73. The van der Waals surface area contributed by atoms with Crippen LogP contribution in [0.1, 0.15) is 23.7 Å². The lowest BCUT2D eigenvalue weighted by Gasteiger charge is -2.20. The van der Waals surface area contributed by atoms with Crippen LogP contribution in [0.3, 0.4) is 0 Å². The van der Waals surface area contributed by atoms with Crippen molar-refractivity contribution in [2.45, 2.75) is 25.7 Å². The summed E-state index contributed by atoms with van der Waals surface area (Å²) in [7, 11) is 0.